The van der Waals surface area contributed by atoms with Crippen molar-refractivity contribution in [1.82, 2.24) is 14.8 Å². The van der Waals surface area contributed by atoms with Crippen LogP contribution in [-0.2, 0) is 18.6 Å². The molecule has 0 aliphatic heterocycles. The van der Waals surface area contributed by atoms with Gasteiger partial charge < -0.3 is 4.57 Å². The molecule has 0 aliphatic rings. The lowest BCUT2D eigenvalue weighted by molar-refractivity contribution is -0.137. The normalized spacial score (nSPS) is 11.8. The second-order valence-electron chi connectivity index (χ2n) is 3.71. The Bertz CT molecular complexity index is 536. The lowest BCUT2D eigenvalue weighted by Crippen LogP contribution is -2.07. The summed E-state index contributed by atoms with van der Waals surface area (Å²) >= 11 is 5.64. The molecule has 18 heavy (non-hydrogen) atoms. The minimum atomic E-state index is -4.33. The van der Waals surface area contributed by atoms with E-state index < -0.39 is 11.7 Å². The van der Waals surface area contributed by atoms with Gasteiger partial charge in [-0.2, -0.15) is 13.2 Å². The van der Waals surface area contributed by atoms with Crippen molar-refractivity contribution in [2.75, 3.05) is 0 Å². The van der Waals surface area contributed by atoms with Crippen molar-refractivity contribution in [3.8, 4) is 0 Å². The van der Waals surface area contributed by atoms with Gasteiger partial charge in [0, 0.05) is 0 Å². The topological polar surface area (TPSA) is 30.7 Å². The monoisotopic (exact) mass is 275 g/mol. The fourth-order valence-corrected chi connectivity index (χ4v) is 1.76. The number of nitrogens with zero attached hydrogens (tertiary/aromatic N) is 3. The second kappa shape index (κ2) is 4.97. The predicted octanol–water partition coefficient (Wildman–Crippen LogP) is 3.08. The first-order valence-corrected chi connectivity index (χ1v) is 5.63. The Morgan fingerprint density at radius 3 is 2.72 bits per heavy atom. The molecule has 1 aromatic heterocycles. The largest absolute Gasteiger partial charge is 0.416 e. The molecular weight excluding hydrogens is 267 g/mol. The Morgan fingerprint density at radius 2 is 2.06 bits per heavy atom. The lowest BCUT2D eigenvalue weighted by Gasteiger charge is -2.09. The first kappa shape index (κ1) is 12.9. The minimum absolute atomic E-state index is 0.166. The molecule has 96 valence electrons. The van der Waals surface area contributed by atoms with E-state index in [-0.39, 0.29) is 12.4 Å². The van der Waals surface area contributed by atoms with Crippen LogP contribution in [0.15, 0.2) is 30.6 Å². The van der Waals surface area contributed by atoms with E-state index in [2.05, 4.69) is 10.2 Å². The number of benzene rings is 1. The number of rotatable bonds is 3. The van der Waals surface area contributed by atoms with E-state index in [0.29, 0.717) is 11.4 Å². The van der Waals surface area contributed by atoms with E-state index in [9.17, 15) is 13.2 Å². The maximum absolute atomic E-state index is 12.5. The van der Waals surface area contributed by atoms with E-state index in [1.165, 1.54) is 12.4 Å². The van der Waals surface area contributed by atoms with E-state index in [4.69, 9.17) is 11.6 Å². The SMILES string of the molecule is FC(F)(F)c1cccc(Cn2cnnc2CCl)c1. The van der Waals surface area contributed by atoms with E-state index in [0.717, 1.165) is 12.1 Å². The molecule has 2 aromatic rings. The molecule has 0 amide bonds. The highest BCUT2D eigenvalue weighted by atomic mass is 35.5. The number of hydrogen-bond acceptors (Lipinski definition) is 2. The standard InChI is InChI=1S/C11H9ClF3N3/c12-5-10-17-16-7-18(10)6-8-2-1-3-9(4-8)11(13,14)15/h1-4,7H,5-6H2. The molecule has 3 nitrogen and oxygen atoms in total. The Labute approximate surface area is 106 Å². The molecule has 0 saturated heterocycles. The molecule has 1 aromatic carbocycles. The molecule has 7 heteroatoms. The third-order valence-electron chi connectivity index (χ3n) is 2.42. The Hall–Kier alpha value is -1.56. The van der Waals surface area contributed by atoms with Gasteiger partial charge in [-0.1, -0.05) is 12.1 Å². The molecule has 0 N–H and O–H groups in total. The summed E-state index contributed by atoms with van der Waals surface area (Å²) in [5.74, 6) is 0.688. The molecular formula is C11H9ClF3N3. The van der Waals surface area contributed by atoms with Crippen LogP contribution in [0.5, 0.6) is 0 Å². The highest BCUT2D eigenvalue weighted by Crippen LogP contribution is 2.29. The zero-order chi connectivity index (χ0) is 13.2. The van der Waals surface area contributed by atoms with Gasteiger partial charge in [-0.25, -0.2) is 0 Å². The third-order valence-corrected chi connectivity index (χ3v) is 2.66. The fourth-order valence-electron chi connectivity index (χ4n) is 1.56. The molecule has 0 atom stereocenters. The van der Waals surface area contributed by atoms with Crippen molar-refractivity contribution in [3.63, 3.8) is 0 Å². The summed E-state index contributed by atoms with van der Waals surface area (Å²) in [6.07, 6.45) is -2.89. The summed E-state index contributed by atoms with van der Waals surface area (Å²) in [5, 5.41) is 7.43. The van der Waals surface area contributed by atoms with Crippen molar-refractivity contribution in [3.05, 3.63) is 47.5 Å². The Kier molecular flexibility index (Phi) is 3.56. The third kappa shape index (κ3) is 2.81. The summed E-state index contributed by atoms with van der Waals surface area (Å²) < 4.78 is 39.2. The summed E-state index contributed by atoms with van der Waals surface area (Å²) in [5.41, 5.74) is -0.142. The molecule has 0 aliphatic carbocycles. The van der Waals surface area contributed by atoms with Crippen molar-refractivity contribution >= 4 is 11.6 Å². The van der Waals surface area contributed by atoms with Gasteiger partial charge in [-0.05, 0) is 17.7 Å². The van der Waals surface area contributed by atoms with Gasteiger partial charge in [0.2, 0.25) is 0 Å². The van der Waals surface area contributed by atoms with Gasteiger partial charge in [0.15, 0.2) is 0 Å². The summed E-state index contributed by atoms with van der Waals surface area (Å²) in [7, 11) is 0. The van der Waals surface area contributed by atoms with Crippen LogP contribution in [0.1, 0.15) is 17.0 Å². The van der Waals surface area contributed by atoms with E-state index >= 15 is 0 Å². The van der Waals surface area contributed by atoms with E-state index in [1.54, 1.807) is 10.6 Å². The molecule has 1 heterocycles. The number of hydrogen-bond donors (Lipinski definition) is 0. The van der Waals surface area contributed by atoms with Gasteiger partial charge in [0.25, 0.3) is 0 Å². The van der Waals surface area contributed by atoms with Crippen LogP contribution in [0.4, 0.5) is 13.2 Å². The highest BCUT2D eigenvalue weighted by Gasteiger charge is 2.30. The lowest BCUT2D eigenvalue weighted by atomic mass is 10.1. The number of halogens is 4. The smallest absolute Gasteiger partial charge is 0.312 e. The number of aromatic nitrogens is 3. The zero-order valence-corrected chi connectivity index (χ0v) is 9.91. The Balaban J connectivity index is 2.25. The number of alkyl halides is 4. The maximum Gasteiger partial charge on any atom is 0.416 e. The van der Waals surface area contributed by atoms with Crippen LogP contribution in [0.2, 0.25) is 0 Å². The van der Waals surface area contributed by atoms with Crippen molar-refractivity contribution in [2.24, 2.45) is 0 Å². The molecule has 0 spiro atoms. The summed E-state index contributed by atoms with van der Waals surface area (Å²) in [4.78, 5) is 0. The molecule has 0 saturated carbocycles. The first-order chi connectivity index (χ1) is 8.50. The first-order valence-electron chi connectivity index (χ1n) is 5.09. The quantitative estimate of drug-likeness (QED) is 0.806. The van der Waals surface area contributed by atoms with Crippen LogP contribution >= 0.6 is 11.6 Å². The minimum Gasteiger partial charge on any atom is -0.312 e. The van der Waals surface area contributed by atoms with Gasteiger partial charge >= 0.3 is 6.18 Å². The highest BCUT2D eigenvalue weighted by molar-refractivity contribution is 6.16. The van der Waals surface area contributed by atoms with Crippen LogP contribution in [0.25, 0.3) is 0 Å². The van der Waals surface area contributed by atoms with Crippen LogP contribution in [-0.4, -0.2) is 14.8 Å². The van der Waals surface area contributed by atoms with Crippen LogP contribution in [0.3, 0.4) is 0 Å². The van der Waals surface area contributed by atoms with E-state index in [1.807, 2.05) is 0 Å². The Morgan fingerprint density at radius 1 is 1.28 bits per heavy atom. The van der Waals surface area contributed by atoms with Crippen molar-refractivity contribution in [1.29, 1.82) is 0 Å². The molecule has 0 radical (unpaired) electrons. The van der Waals surface area contributed by atoms with Crippen LogP contribution < -0.4 is 0 Å². The van der Waals surface area contributed by atoms with Crippen molar-refractivity contribution < 1.29 is 13.2 Å². The average molecular weight is 276 g/mol. The fraction of sp³-hybridized carbons (Fsp3) is 0.273. The zero-order valence-electron chi connectivity index (χ0n) is 9.15. The van der Waals surface area contributed by atoms with Gasteiger partial charge in [0.05, 0.1) is 18.0 Å². The predicted molar refractivity (Wildman–Crippen MR) is 60.1 cm³/mol. The summed E-state index contributed by atoms with van der Waals surface area (Å²) in [6.45, 7) is 0.263. The summed E-state index contributed by atoms with van der Waals surface area (Å²) in [6, 6.07) is 5.15. The van der Waals surface area contributed by atoms with Gasteiger partial charge in [-0.3, -0.25) is 0 Å². The molecule has 0 bridgehead atoms. The molecule has 2 rings (SSSR count). The van der Waals surface area contributed by atoms with Gasteiger partial charge in [0.1, 0.15) is 12.2 Å². The van der Waals surface area contributed by atoms with Gasteiger partial charge in [-0.15, -0.1) is 21.8 Å². The average Bonchev–Trinajstić information content (AvgIpc) is 2.75. The second-order valence-corrected chi connectivity index (χ2v) is 3.97. The van der Waals surface area contributed by atoms with Crippen molar-refractivity contribution in [2.45, 2.75) is 18.6 Å². The molecule has 0 fully saturated rings. The van der Waals surface area contributed by atoms with Crippen LogP contribution in [0, 0.1) is 0 Å². The molecule has 0 unspecified atom stereocenters. The maximum atomic E-state index is 12.5.